The van der Waals surface area contributed by atoms with Crippen LogP contribution in [0.3, 0.4) is 0 Å². The second-order valence-corrected chi connectivity index (χ2v) is 4.85. The smallest absolute Gasteiger partial charge is 0.228 e. The van der Waals surface area contributed by atoms with Gasteiger partial charge in [-0.25, -0.2) is 9.37 Å². The number of halogens is 2. The number of aromatic nitrogens is 2. The SMILES string of the molecule is CN(C)c1nccc(Oc2cc(F)c(Br)cc2N)n1. The highest BCUT2D eigenvalue weighted by molar-refractivity contribution is 9.10. The summed E-state index contributed by atoms with van der Waals surface area (Å²) in [5, 5.41) is 0. The van der Waals surface area contributed by atoms with Gasteiger partial charge in [-0.15, -0.1) is 0 Å². The van der Waals surface area contributed by atoms with E-state index in [4.69, 9.17) is 10.5 Å². The van der Waals surface area contributed by atoms with E-state index >= 15 is 0 Å². The average Bonchev–Trinajstić information content (AvgIpc) is 2.36. The van der Waals surface area contributed by atoms with Crippen LogP contribution in [0, 0.1) is 5.82 Å². The van der Waals surface area contributed by atoms with Gasteiger partial charge in [-0.1, -0.05) is 0 Å². The molecule has 0 amide bonds. The first-order valence-corrected chi connectivity index (χ1v) is 6.19. The van der Waals surface area contributed by atoms with E-state index in [1.807, 2.05) is 14.1 Å². The predicted octanol–water partition coefficient (Wildman–Crippen LogP) is 2.82. The monoisotopic (exact) mass is 326 g/mol. The van der Waals surface area contributed by atoms with Crippen molar-refractivity contribution in [2.45, 2.75) is 0 Å². The van der Waals surface area contributed by atoms with E-state index in [2.05, 4.69) is 25.9 Å². The number of hydrogen-bond donors (Lipinski definition) is 1. The molecule has 0 saturated heterocycles. The van der Waals surface area contributed by atoms with E-state index < -0.39 is 5.82 Å². The van der Waals surface area contributed by atoms with E-state index in [9.17, 15) is 4.39 Å². The Morgan fingerprint density at radius 3 is 2.79 bits per heavy atom. The van der Waals surface area contributed by atoms with Crippen LogP contribution in [0.4, 0.5) is 16.0 Å². The normalized spacial score (nSPS) is 10.3. The van der Waals surface area contributed by atoms with Gasteiger partial charge in [0.1, 0.15) is 5.82 Å². The first-order valence-electron chi connectivity index (χ1n) is 5.40. The number of nitrogen functional groups attached to an aromatic ring is 1. The fourth-order valence-electron chi connectivity index (χ4n) is 1.35. The number of nitrogens with zero attached hydrogens (tertiary/aromatic N) is 3. The molecule has 0 atom stereocenters. The second kappa shape index (κ2) is 5.40. The molecule has 0 aliphatic carbocycles. The number of benzene rings is 1. The third kappa shape index (κ3) is 3.11. The van der Waals surface area contributed by atoms with Gasteiger partial charge in [-0.3, -0.25) is 0 Å². The Kier molecular flexibility index (Phi) is 3.84. The second-order valence-electron chi connectivity index (χ2n) is 4.00. The predicted molar refractivity (Wildman–Crippen MR) is 74.9 cm³/mol. The molecule has 5 nitrogen and oxygen atoms in total. The zero-order valence-corrected chi connectivity index (χ0v) is 12.0. The standard InChI is InChI=1S/C12H12BrFN4O/c1-18(2)12-16-4-3-11(17-12)19-10-6-8(14)7(13)5-9(10)15/h3-6H,15H2,1-2H3. The lowest BCUT2D eigenvalue weighted by molar-refractivity contribution is 0.459. The maximum Gasteiger partial charge on any atom is 0.228 e. The summed E-state index contributed by atoms with van der Waals surface area (Å²) in [6.45, 7) is 0. The molecule has 100 valence electrons. The maximum atomic E-state index is 13.4. The molecule has 1 aromatic carbocycles. The van der Waals surface area contributed by atoms with Gasteiger partial charge in [0.15, 0.2) is 5.75 Å². The fourth-order valence-corrected chi connectivity index (χ4v) is 1.71. The van der Waals surface area contributed by atoms with Crippen molar-refractivity contribution in [3.63, 3.8) is 0 Å². The third-order valence-corrected chi connectivity index (χ3v) is 2.89. The maximum absolute atomic E-state index is 13.4. The van der Waals surface area contributed by atoms with Crippen LogP contribution >= 0.6 is 15.9 Å². The van der Waals surface area contributed by atoms with Gasteiger partial charge in [-0.2, -0.15) is 4.98 Å². The Balaban J connectivity index is 2.31. The van der Waals surface area contributed by atoms with Crippen molar-refractivity contribution in [2.75, 3.05) is 24.7 Å². The molecular weight excluding hydrogens is 315 g/mol. The Morgan fingerprint density at radius 2 is 2.11 bits per heavy atom. The quantitative estimate of drug-likeness (QED) is 0.878. The van der Waals surface area contributed by atoms with Gasteiger partial charge in [0, 0.05) is 32.4 Å². The van der Waals surface area contributed by atoms with Crippen LogP contribution in [-0.2, 0) is 0 Å². The zero-order chi connectivity index (χ0) is 14.0. The lowest BCUT2D eigenvalue weighted by Crippen LogP contribution is -2.12. The van der Waals surface area contributed by atoms with Gasteiger partial charge in [0.2, 0.25) is 11.8 Å². The van der Waals surface area contributed by atoms with E-state index in [-0.39, 0.29) is 10.2 Å². The summed E-state index contributed by atoms with van der Waals surface area (Å²) in [4.78, 5) is 9.95. The Hall–Kier alpha value is -1.89. The highest BCUT2D eigenvalue weighted by Gasteiger charge is 2.10. The molecule has 1 aromatic heterocycles. The van der Waals surface area contributed by atoms with E-state index in [0.717, 1.165) is 0 Å². The number of anilines is 2. The molecule has 7 heteroatoms. The van der Waals surface area contributed by atoms with Crippen molar-refractivity contribution in [1.29, 1.82) is 0 Å². The molecule has 0 aliphatic rings. The largest absolute Gasteiger partial charge is 0.437 e. The molecule has 2 N–H and O–H groups in total. The Labute approximate surface area is 118 Å². The van der Waals surface area contributed by atoms with Crippen molar-refractivity contribution >= 4 is 27.6 Å². The van der Waals surface area contributed by atoms with Crippen molar-refractivity contribution in [3.05, 3.63) is 34.7 Å². The van der Waals surface area contributed by atoms with Crippen molar-refractivity contribution in [1.82, 2.24) is 9.97 Å². The average molecular weight is 327 g/mol. The Bertz CT molecular complexity index is 606. The highest BCUT2D eigenvalue weighted by Crippen LogP contribution is 2.31. The number of rotatable bonds is 3. The molecule has 2 rings (SSSR count). The van der Waals surface area contributed by atoms with Crippen LogP contribution in [0.2, 0.25) is 0 Å². The van der Waals surface area contributed by atoms with Crippen LogP contribution in [0.25, 0.3) is 0 Å². The number of nitrogens with two attached hydrogens (primary N) is 1. The molecule has 0 radical (unpaired) electrons. The summed E-state index contributed by atoms with van der Waals surface area (Å²) < 4.78 is 19.2. The summed E-state index contributed by atoms with van der Waals surface area (Å²) in [6.07, 6.45) is 1.56. The molecule has 0 fully saturated rings. The third-order valence-electron chi connectivity index (χ3n) is 2.28. The zero-order valence-electron chi connectivity index (χ0n) is 10.4. The van der Waals surface area contributed by atoms with E-state index in [0.29, 0.717) is 17.5 Å². The summed E-state index contributed by atoms with van der Waals surface area (Å²) in [5.41, 5.74) is 6.08. The topological polar surface area (TPSA) is 64.3 Å². The minimum atomic E-state index is -0.453. The van der Waals surface area contributed by atoms with Crippen molar-refractivity contribution in [3.8, 4) is 11.6 Å². The van der Waals surface area contributed by atoms with Crippen LogP contribution in [0.5, 0.6) is 11.6 Å². The molecule has 1 heterocycles. The van der Waals surface area contributed by atoms with Gasteiger partial charge in [0.25, 0.3) is 0 Å². The molecule has 2 aromatic rings. The summed E-state index contributed by atoms with van der Waals surface area (Å²) in [7, 11) is 3.62. The highest BCUT2D eigenvalue weighted by atomic mass is 79.9. The molecule has 0 aliphatic heterocycles. The molecule has 0 unspecified atom stereocenters. The fraction of sp³-hybridized carbons (Fsp3) is 0.167. The van der Waals surface area contributed by atoms with E-state index in [1.54, 1.807) is 17.2 Å². The van der Waals surface area contributed by atoms with Crippen LogP contribution in [0.15, 0.2) is 28.9 Å². The molecule has 19 heavy (non-hydrogen) atoms. The van der Waals surface area contributed by atoms with Gasteiger partial charge in [0.05, 0.1) is 10.2 Å². The van der Waals surface area contributed by atoms with Crippen LogP contribution < -0.4 is 15.4 Å². The molecule has 0 saturated carbocycles. The van der Waals surface area contributed by atoms with Gasteiger partial charge >= 0.3 is 0 Å². The lowest BCUT2D eigenvalue weighted by Gasteiger charge is -2.12. The molecule has 0 bridgehead atoms. The first kappa shape index (κ1) is 13.5. The summed E-state index contributed by atoms with van der Waals surface area (Å²) in [5.74, 6) is 0.552. The van der Waals surface area contributed by atoms with E-state index in [1.165, 1.54) is 12.1 Å². The van der Waals surface area contributed by atoms with Crippen molar-refractivity contribution in [2.24, 2.45) is 0 Å². The minimum Gasteiger partial charge on any atom is -0.437 e. The number of hydrogen-bond acceptors (Lipinski definition) is 5. The minimum absolute atomic E-state index is 0.212. The summed E-state index contributed by atoms with van der Waals surface area (Å²) >= 11 is 3.05. The summed E-state index contributed by atoms with van der Waals surface area (Å²) in [6, 6.07) is 4.22. The van der Waals surface area contributed by atoms with Crippen LogP contribution in [0.1, 0.15) is 0 Å². The molecule has 0 spiro atoms. The Morgan fingerprint density at radius 1 is 1.37 bits per heavy atom. The number of ether oxygens (including phenoxy) is 1. The van der Waals surface area contributed by atoms with Gasteiger partial charge < -0.3 is 15.4 Å². The van der Waals surface area contributed by atoms with Gasteiger partial charge in [-0.05, 0) is 22.0 Å². The first-order chi connectivity index (χ1) is 8.97. The van der Waals surface area contributed by atoms with Crippen LogP contribution in [-0.4, -0.2) is 24.1 Å². The van der Waals surface area contributed by atoms with Crippen molar-refractivity contribution < 1.29 is 9.13 Å². The lowest BCUT2D eigenvalue weighted by atomic mass is 10.3. The molecular formula is C12H12BrFN4O.